The molecule has 0 aliphatic heterocycles. The molecule has 0 fully saturated rings. The molecule has 1 rings (SSSR count). The fourth-order valence-electron chi connectivity index (χ4n) is 0.675. The fraction of sp³-hybridized carbons (Fsp3) is 0. The lowest BCUT2D eigenvalue weighted by atomic mass is 10.2. The third-order valence-electron chi connectivity index (χ3n) is 1.19. The van der Waals surface area contributed by atoms with Crippen LogP contribution in [0, 0.1) is 14.9 Å². The highest BCUT2D eigenvalue weighted by molar-refractivity contribution is 14.1. The van der Waals surface area contributed by atoms with E-state index in [0.29, 0.717) is 11.3 Å². The van der Waals surface area contributed by atoms with Gasteiger partial charge in [-0.3, -0.25) is 0 Å². The highest BCUT2D eigenvalue weighted by Gasteiger charge is 2.02. The first-order chi connectivity index (χ1) is 5.15. The van der Waals surface area contributed by atoms with Gasteiger partial charge in [0.05, 0.1) is 16.1 Å². The maximum absolute atomic E-state index is 8.55. The number of anilines is 1. The summed E-state index contributed by atoms with van der Waals surface area (Å²) in [5, 5.41) is 8.55. The zero-order valence-electron chi connectivity index (χ0n) is 5.44. The lowest BCUT2D eigenvalue weighted by Crippen LogP contribution is -1.90. The number of nitrogen functional groups attached to an aromatic ring is 1. The number of rotatable bonds is 0. The average Bonchev–Trinajstić information content (AvgIpc) is 1.99. The third kappa shape index (κ3) is 1.84. The molecule has 0 radical (unpaired) electrons. The van der Waals surface area contributed by atoms with Gasteiger partial charge in [-0.2, -0.15) is 5.26 Å². The van der Waals surface area contributed by atoms with E-state index < -0.39 is 0 Å². The predicted molar refractivity (Wildman–Crippen MR) is 56.0 cm³/mol. The van der Waals surface area contributed by atoms with Crippen molar-refractivity contribution in [3.8, 4) is 6.07 Å². The molecule has 0 atom stereocenters. The zero-order valence-corrected chi connectivity index (χ0v) is 9.18. The number of hydrogen-bond donors (Lipinski definition) is 1. The molecule has 11 heavy (non-hydrogen) atoms. The molecule has 1 aromatic carbocycles. The summed E-state index contributed by atoms with van der Waals surface area (Å²) in [5.41, 5.74) is 6.79. The minimum Gasteiger partial charge on any atom is -0.398 e. The molecule has 4 heteroatoms. The zero-order chi connectivity index (χ0) is 8.43. The van der Waals surface area contributed by atoms with E-state index in [1.54, 1.807) is 12.1 Å². The fourth-order valence-corrected chi connectivity index (χ4v) is 1.55. The van der Waals surface area contributed by atoms with Crippen molar-refractivity contribution in [1.82, 2.24) is 0 Å². The molecular formula is C7H4BrIN2. The summed E-state index contributed by atoms with van der Waals surface area (Å²) in [6.45, 7) is 0. The predicted octanol–water partition coefficient (Wildman–Crippen LogP) is 2.51. The van der Waals surface area contributed by atoms with Crippen LogP contribution in [0.5, 0.6) is 0 Å². The average molecular weight is 323 g/mol. The second-order valence-electron chi connectivity index (χ2n) is 1.97. The molecule has 0 amide bonds. The Hall–Kier alpha value is -0.280. The van der Waals surface area contributed by atoms with Crippen LogP contribution in [0.4, 0.5) is 5.69 Å². The summed E-state index contributed by atoms with van der Waals surface area (Å²) in [6, 6.07) is 5.45. The number of halogens is 2. The summed E-state index contributed by atoms with van der Waals surface area (Å²) in [5.74, 6) is 0. The lowest BCUT2D eigenvalue weighted by Gasteiger charge is -2.00. The SMILES string of the molecule is N#Cc1cc(N)c(Br)c(I)c1. The molecule has 0 aliphatic rings. The van der Waals surface area contributed by atoms with Crippen molar-refractivity contribution >= 4 is 44.2 Å². The van der Waals surface area contributed by atoms with Crippen LogP contribution in [0.15, 0.2) is 16.6 Å². The third-order valence-corrected chi connectivity index (χ3v) is 3.66. The molecular weight excluding hydrogens is 319 g/mol. The number of nitriles is 1. The minimum absolute atomic E-state index is 0.593. The van der Waals surface area contributed by atoms with Crippen molar-refractivity contribution in [3.63, 3.8) is 0 Å². The number of hydrogen-bond acceptors (Lipinski definition) is 2. The summed E-state index contributed by atoms with van der Waals surface area (Å²) >= 11 is 5.42. The highest BCUT2D eigenvalue weighted by atomic mass is 127. The standard InChI is InChI=1S/C7H4BrIN2/c8-7-5(9)1-4(3-10)2-6(7)11/h1-2H,11H2. The van der Waals surface area contributed by atoms with Gasteiger partial charge >= 0.3 is 0 Å². The van der Waals surface area contributed by atoms with Gasteiger partial charge in [0, 0.05) is 9.26 Å². The molecule has 0 aromatic heterocycles. The van der Waals surface area contributed by atoms with Crippen molar-refractivity contribution in [1.29, 1.82) is 5.26 Å². The molecule has 0 aliphatic carbocycles. The van der Waals surface area contributed by atoms with Crippen LogP contribution in [-0.2, 0) is 0 Å². The second kappa shape index (κ2) is 3.41. The maximum Gasteiger partial charge on any atom is 0.0992 e. The van der Waals surface area contributed by atoms with Gasteiger partial charge < -0.3 is 5.73 Å². The topological polar surface area (TPSA) is 49.8 Å². The van der Waals surface area contributed by atoms with E-state index in [9.17, 15) is 0 Å². The van der Waals surface area contributed by atoms with E-state index in [0.717, 1.165) is 8.04 Å². The maximum atomic E-state index is 8.55. The number of nitrogens with two attached hydrogens (primary N) is 1. The van der Waals surface area contributed by atoms with Crippen LogP contribution in [-0.4, -0.2) is 0 Å². The van der Waals surface area contributed by atoms with Gasteiger partial charge in [-0.1, -0.05) is 0 Å². The van der Waals surface area contributed by atoms with E-state index in [1.165, 1.54) is 0 Å². The van der Waals surface area contributed by atoms with Gasteiger partial charge in [0.2, 0.25) is 0 Å². The molecule has 0 bridgehead atoms. The first-order valence-corrected chi connectivity index (χ1v) is 4.67. The molecule has 0 unspecified atom stereocenters. The molecule has 2 nitrogen and oxygen atoms in total. The summed E-state index contributed by atoms with van der Waals surface area (Å²) < 4.78 is 1.82. The first-order valence-electron chi connectivity index (χ1n) is 2.79. The van der Waals surface area contributed by atoms with Gasteiger partial charge in [0.15, 0.2) is 0 Å². The van der Waals surface area contributed by atoms with Crippen molar-refractivity contribution < 1.29 is 0 Å². The number of benzene rings is 1. The van der Waals surface area contributed by atoms with E-state index in [1.807, 2.05) is 6.07 Å². The van der Waals surface area contributed by atoms with E-state index in [4.69, 9.17) is 11.0 Å². The van der Waals surface area contributed by atoms with Crippen LogP contribution in [0.2, 0.25) is 0 Å². The molecule has 0 saturated heterocycles. The lowest BCUT2D eigenvalue weighted by molar-refractivity contribution is 1.46. The Morgan fingerprint density at radius 2 is 2.18 bits per heavy atom. The Kier molecular flexibility index (Phi) is 2.73. The highest BCUT2D eigenvalue weighted by Crippen LogP contribution is 2.26. The van der Waals surface area contributed by atoms with Gasteiger partial charge in [-0.05, 0) is 50.7 Å². The molecule has 1 aromatic rings. The van der Waals surface area contributed by atoms with Crippen LogP contribution >= 0.6 is 38.5 Å². The van der Waals surface area contributed by atoms with Crippen molar-refractivity contribution in [2.24, 2.45) is 0 Å². The molecule has 0 spiro atoms. The van der Waals surface area contributed by atoms with Crippen LogP contribution in [0.25, 0.3) is 0 Å². The summed E-state index contributed by atoms with van der Waals surface area (Å²) in [7, 11) is 0. The van der Waals surface area contributed by atoms with Gasteiger partial charge in [-0.15, -0.1) is 0 Å². The molecule has 0 heterocycles. The van der Waals surface area contributed by atoms with Crippen molar-refractivity contribution in [2.45, 2.75) is 0 Å². The van der Waals surface area contributed by atoms with Crippen molar-refractivity contribution in [2.75, 3.05) is 5.73 Å². The van der Waals surface area contributed by atoms with E-state index in [2.05, 4.69) is 38.5 Å². The Bertz CT molecular complexity index is 307. The van der Waals surface area contributed by atoms with Gasteiger partial charge in [0.25, 0.3) is 0 Å². The quantitative estimate of drug-likeness (QED) is 0.589. The monoisotopic (exact) mass is 322 g/mol. The minimum atomic E-state index is 0.593. The Balaban J connectivity index is 3.35. The van der Waals surface area contributed by atoms with Crippen molar-refractivity contribution in [3.05, 3.63) is 25.7 Å². The van der Waals surface area contributed by atoms with E-state index >= 15 is 0 Å². The van der Waals surface area contributed by atoms with Gasteiger partial charge in [0.1, 0.15) is 0 Å². The second-order valence-corrected chi connectivity index (χ2v) is 3.93. The van der Waals surface area contributed by atoms with E-state index in [-0.39, 0.29) is 0 Å². The molecule has 56 valence electrons. The summed E-state index contributed by atoms with van der Waals surface area (Å²) in [4.78, 5) is 0. The Morgan fingerprint density at radius 3 is 2.64 bits per heavy atom. The first kappa shape index (κ1) is 8.81. The Labute approximate surface area is 86.7 Å². The molecule has 0 saturated carbocycles. The molecule has 2 N–H and O–H groups in total. The number of nitrogens with zero attached hydrogens (tertiary/aromatic N) is 1. The summed E-state index contributed by atoms with van der Waals surface area (Å²) in [6.07, 6.45) is 0. The Morgan fingerprint density at radius 1 is 1.55 bits per heavy atom. The normalized spacial score (nSPS) is 9.18. The van der Waals surface area contributed by atoms with Crippen LogP contribution in [0.3, 0.4) is 0 Å². The van der Waals surface area contributed by atoms with Gasteiger partial charge in [-0.25, -0.2) is 0 Å². The largest absolute Gasteiger partial charge is 0.398 e. The van der Waals surface area contributed by atoms with Crippen LogP contribution < -0.4 is 5.73 Å². The smallest absolute Gasteiger partial charge is 0.0992 e. The van der Waals surface area contributed by atoms with Crippen LogP contribution in [0.1, 0.15) is 5.56 Å².